The molecule has 1 aliphatic carbocycles. The van der Waals surface area contributed by atoms with E-state index >= 15 is 0 Å². The van der Waals surface area contributed by atoms with Crippen LogP contribution in [0.3, 0.4) is 0 Å². The third kappa shape index (κ3) is 3.92. The average Bonchev–Trinajstić information content (AvgIpc) is 2.67. The van der Waals surface area contributed by atoms with Gasteiger partial charge in [0.2, 0.25) is 0 Å². The minimum absolute atomic E-state index is 0.296. The molecule has 1 aromatic carbocycles. The number of likely N-dealkylation sites (tertiary alicyclic amines) is 1. The molecule has 0 spiro atoms. The van der Waals surface area contributed by atoms with Gasteiger partial charge in [0.15, 0.2) is 0 Å². The normalized spacial score (nSPS) is 18.0. The Morgan fingerprint density at radius 1 is 1.27 bits per heavy atom. The summed E-state index contributed by atoms with van der Waals surface area (Å²) in [5.41, 5.74) is 5.03. The van der Waals surface area contributed by atoms with Gasteiger partial charge in [-0.25, -0.2) is 4.79 Å². The molecular weight excluding hydrogens is 332 g/mol. The van der Waals surface area contributed by atoms with Gasteiger partial charge in [-0.3, -0.25) is 9.59 Å². The number of anilines is 1. The maximum Gasteiger partial charge on any atom is 0.338 e. The van der Waals surface area contributed by atoms with Crippen molar-refractivity contribution in [2.45, 2.75) is 13.3 Å². The molecule has 1 atom stereocenters. The second-order valence-corrected chi connectivity index (χ2v) is 6.12. The summed E-state index contributed by atoms with van der Waals surface area (Å²) in [6.45, 7) is 3.02. The van der Waals surface area contributed by atoms with Crippen LogP contribution in [0.4, 0.5) is 5.69 Å². The molecule has 2 aliphatic rings. The summed E-state index contributed by atoms with van der Waals surface area (Å²) < 4.78 is 4.91. The molecule has 1 aliphatic heterocycles. The second kappa shape index (κ2) is 7.85. The lowest BCUT2D eigenvalue weighted by molar-refractivity contribution is -0.143. The summed E-state index contributed by atoms with van der Waals surface area (Å²) in [5, 5.41) is 2.58. The zero-order chi connectivity index (χ0) is 18.5. The molecule has 2 amide bonds. The van der Waals surface area contributed by atoms with Gasteiger partial charge in [-0.15, -0.1) is 5.73 Å². The van der Waals surface area contributed by atoms with Gasteiger partial charge in [0.05, 0.1) is 12.2 Å². The fraction of sp³-hybridized carbons (Fsp3) is 0.300. The number of carbonyl (C=O) groups is 3. The molecular formula is C20H20N2O4. The first kappa shape index (κ1) is 17.7. The third-order valence-electron chi connectivity index (χ3n) is 4.39. The van der Waals surface area contributed by atoms with Crippen molar-refractivity contribution < 1.29 is 19.1 Å². The molecule has 1 N–H and O–H groups in total. The first-order valence-corrected chi connectivity index (χ1v) is 8.57. The Morgan fingerprint density at radius 2 is 2.04 bits per heavy atom. The number of nitrogens with zero attached hydrogens (tertiary/aromatic N) is 1. The molecule has 3 rings (SSSR count). The summed E-state index contributed by atoms with van der Waals surface area (Å²) in [6, 6.07) is 6.25. The Morgan fingerprint density at radius 3 is 2.77 bits per heavy atom. The molecule has 1 heterocycles. The lowest BCUT2D eigenvalue weighted by Gasteiger charge is -2.32. The number of rotatable bonds is 3. The van der Waals surface area contributed by atoms with Crippen molar-refractivity contribution in [2.75, 3.05) is 25.0 Å². The van der Waals surface area contributed by atoms with Crippen LogP contribution in [-0.2, 0) is 14.3 Å². The summed E-state index contributed by atoms with van der Waals surface area (Å²) in [5.74, 6) is -1.36. The van der Waals surface area contributed by atoms with Crippen molar-refractivity contribution >= 4 is 23.5 Å². The van der Waals surface area contributed by atoms with E-state index in [0.29, 0.717) is 36.9 Å². The largest absolute Gasteiger partial charge is 0.462 e. The number of hydrogen-bond donors (Lipinski definition) is 1. The smallest absolute Gasteiger partial charge is 0.338 e. The van der Waals surface area contributed by atoms with E-state index in [1.165, 1.54) is 0 Å². The zero-order valence-corrected chi connectivity index (χ0v) is 14.5. The van der Waals surface area contributed by atoms with Crippen molar-refractivity contribution in [1.82, 2.24) is 4.90 Å². The van der Waals surface area contributed by atoms with Gasteiger partial charge in [-0.1, -0.05) is 6.08 Å². The van der Waals surface area contributed by atoms with Crippen LogP contribution in [0.15, 0.2) is 53.8 Å². The molecule has 0 saturated carbocycles. The minimum Gasteiger partial charge on any atom is -0.462 e. The predicted molar refractivity (Wildman–Crippen MR) is 96.5 cm³/mol. The summed E-state index contributed by atoms with van der Waals surface area (Å²) in [4.78, 5) is 37.8. The molecule has 0 aromatic heterocycles. The quantitative estimate of drug-likeness (QED) is 0.514. The standard InChI is InChI=1S/C20H20N2O4/c1-2-26-20(25)15-7-9-17(10-8-15)21-18(23)19(24)22-12-11-14-5-3-4-6-16(14)13-22/h4-10,14H,2,11-13H2,1H3,(H,21,23). The number of allylic oxidation sites excluding steroid dienone is 2. The number of ether oxygens (including phenoxy) is 1. The van der Waals surface area contributed by atoms with E-state index < -0.39 is 17.8 Å². The molecule has 0 bridgehead atoms. The van der Waals surface area contributed by atoms with Gasteiger partial charge in [0.1, 0.15) is 0 Å². The van der Waals surface area contributed by atoms with E-state index in [1.54, 1.807) is 36.1 Å². The molecule has 1 fully saturated rings. The lowest BCUT2D eigenvalue weighted by atomic mass is 9.89. The van der Waals surface area contributed by atoms with E-state index in [-0.39, 0.29) is 0 Å². The number of nitrogens with one attached hydrogen (secondary N) is 1. The fourth-order valence-electron chi connectivity index (χ4n) is 3.00. The van der Waals surface area contributed by atoms with Crippen LogP contribution in [0, 0.1) is 5.92 Å². The Balaban J connectivity index is 1.59. The van der Waals surface area contributed by atoms with Gasteiger partial charge in [-0.2, -0.15) is 0 Å². The highest BCUT2D eigenvalue weighted by molar-refractivity contribution is 6.39. The van der Waals surface area contributed by atoms with Crippen LogP contribution >= 0.6 is 0 Å². The Labute approximate surface area is 151 Å². The highest BCUT2D eigenvalue weighted by Crippen LogP contribution is 2.26. The van der Waals surface area contributed by atoms with E-state index in [0.717, 1.165) is 12.0 Å². The SMILES string of the molecule is CCOC(=O)c1ccc(NC(=O)C(=O)N2CCC3C=C=CC=C3C2)cc1. The zero-order valence-electron chi connectivity index (χ0n) is 14.5. The van der Waals surface area contributed by atoms with Crippen molar-refractivity contribution in [3.63, 3.8) is 0 Å². The van der Waals surface area contributed by atoms with Gasteiger partial charge >= 0.3 is 17.8 Å². The van der Waals surface area contributed by atoms with Crippen LogP contribution in [0.1, 0.15) is 23.7 Å². The van der Waals surface area contributed by atoms with Crippen LogP contribution in [0.2, 0.25) is 0 Å². The number of carbonyl (C=O) groups excluding carboxylic acids is 3. The summed E-state index contributed by atoms with van der Waals surface area (Å²) >= 11 is 0. The van der Waals surface area contributed by atoms with E-state index in [2.05, 4.69) is 11.0 Å². The first-order chi connectivity index (χ1) is 12.6. The molecule has 0 radical (unpaired) electrons. The van der Waals surface area contributed by atoms with Crippen molar-refractivity contribution in [3.8, 4) is 0 Å². The van der Waals surface area contributed by atoms with Crippen LogP contribution < -0.4 is 5.32 Å². The predicted octanol–water partition coefficient (Wildman–Crippen LogP) is 2.30. The van der Waals surface area contributed by atoms with E-state index in [4.69, 9.17) is 4.74 Å². The van der Waals surface area contributed by atoms with Crippen molar-refractivity contribution in [1.29, 1.82) is 0 Å². The molecule has 1 aromatic rings. The van der Waals surface area contributed by atoms with Gasteiger partial charge < -0.3 is 15.0 Å². The molecule has 1 unspecified atom stereocenters. The molecule has 134 valence electrons. The second-order valence-electron chi connectivity index (χ2n) is 6.12. The Bertz CT molecular complexity index is 817. The first-order valence-electron chi connectivity index (χ1n) is 8.57. The Hall–Kier alpha value is -3.11. The number of piperidine rings is 1. The van der Waals surface area contributed by atoms with Crippen LogP contribution in [0.5, 0.6) is 0 Å². The molecule has 26 heavy (non-hydrogen) atoms. The number of amides is 2. The van der Waals surface area contributed by atoms with E-state index in [9.17, 15) is 14.4 Å². The third-order valence-corrected chi connectivity index (χ3v) is 4.39. The molecule has 6 heteroatoms. The average molecular weight is 352 g/mol. The van der Waals surface area contributed by atoms with Gasteiger partial charge in [-0.05, 0) is 55.3 Å². The fourth-order valence-corrected chi connectivity index (χ4v) is 3.00. The van der Waals surface area contributed by atoms with Crippen LogP contribution in [0.25, 0.3) is 0 Å². The number of esters is 1. The highest BCUT2D eigenvalue weighted by atomic mass is 16.5. The molecule has 6 nitrogen and oxygen atoms in total. The number of fused-ring (bicyclic) bond motifs is 1. The maximum absolute atomic E-state index is 12.4. The van der Waals surface area contributed by atoms with E-state index in [1.807, 2.05) is 18.2 Å². The molecule has 1 saturated heterocycles. The van der Waals surface area contributed by atoms with Crippen LogP contribution in [-0.4, -0.2) is 42.4 Å². The maximum atomic E-state index is 12.4. The monoisotopic (exact) mass is 352 g/mol. The van der Waals surface area contributed by atoms with Crippen molar-refractivity contribution in [3.05, 3.63) is 59.4 Å². The van der Waals surface area contributed by atoms with Crippen molar-refractivity contribution in [2.24, 2.45) is 5.92 Å². The lowest BCUT2D eigenvalue weighted by Crippen LogP contribution is -2.45. The Kier molecular flexibility index (Phi) is 5.34. The number of benzene rings is 1. The van der Waals surface area contributed by atoms with Gasteiger partial charge in [0, 0.05) is 24.7 Å². The topological polar surface area (TPSA) is 75.7 Å². The summed E-state index contributed by atoms with van der Waals surface area (Å²) in [6.07, 6.45) is 6.57. The number of hydrogen-bond acceptors (Lipinski definition) is 4. The highest BCUT2D eigenvalue weighted by Gasteiger charge is 2.29. The summed E-state index contributed by atoms with van der Waals surface area (Å²) in [7, 11) is 0. The van der Waals surface area contributed by atoms with Gasteiger partial charge in [0.25, 0.3) is 0 Å². The minimum atomic E-state index is -0.685.